The van der Waals surface area contributed by atoms with E-state index in [0.717, 1.165) is 15.6 Å². The standard InChI is InChI=1S/C7H10BrNO4S3/c1-15(10,11)5-16(12,13)9-4-7-6(8)2-3-14-7/h2-3,9H,4-5H2,1H3. The monoisotopic (exact) mass is 347 g/mol. The van der Waals surface area contributed by atoms with E-state index in [1.807, 2.05) is 5.38 Å². The Hall–Kier alpha value is 0.0400. The molecule has 9 heteroatoms. The summed E-state index contributed by atoms with van der Waals surface area (Å²) < 4.78 is 47.4. The average molecular weight is 348 g/mol. The molecule has 0 unspecified atom stereocenters. The summed E-state index contributed by atoms with van der Waals surface area (Å²) in [6.07, 6.45) is 0.882. The van der Waals surface area contributed by atoms with Gasteiger partial charge in [-0.25, -0.2) is 21.6 Å². The van der Waals surface area contributed by atoms with Crippen LogP contribution in [0.15, 0.2) is 15.9 Å². The average Bonchev–Trinajstić information content (AvgIpc) is 2.43. The molecular weight excluding hydrogens is 338 g/mol. The summed E-state index contributed by atoms with van der Waals surface area (Å²) in [5.74, 6) is 0. The van der Waals surface area contributed by atoms with Gasteiger partial charge in [0.15, 0.2) is 14.9 Å². The molecule has 1 heterocycles. The zero-order valence-corrected chi connectivity index (χ0v) is 12.3. The summed E-state index contributed by atoms with van der Waals surface area (Å²) in [6, 6.07) is 1.80. The van der Waals surface area contributed by atoms with Gasteiger partial charge in [-0.1, -0.05) is 0 Å². The molecule has 16 heavy (non-hydrogen) atoms. The predicted octanol–water partition coefficient (Wildman–Crippen LogP) is 0.932. The van der Waals surface area contributed by atoms with Crippen molar-refractivity contribution >= 4 is 47.1 Å². The minimum Gasteiger partial charge on any atom is -0.228 e. The van der Waals surface area contributed by atoms with E-state index in [2.05, 4.69) is 20.7 Å². The molecule has 0 amide bonds. The molecule has 92 valence electrons. The van der Waals surface area contributed by atoms with Crippen LogP contribution in [-0.2, 0) is 26.4 Å². The topological polar surface area (TPSA) is 80.3 Å². The molecule has 0 bridgehead atoms. The molecule has 0 fully saturated rings. The van der Waals surface area contributed by atoms with Crippen molar-refractivity contribution < 1.29 is 16.8 Å². The number of nitrogens with one attached hydrogen (secondary N) is 1. The number of hydrogen-bond acceptors (Lipinski definition) is 5. The van der Waals surface area contributed by atoms with Crippen LogP contribution in [-0.4, -0.2) is 28.2 Å². The van der Waals surface area contributed by atoms with Crippen LogP contribution in [0.3, 0.4) is 0 Å². The number of sulfonamides is 1. The highest BCUT2D eigenvalue weighted by atomic mass is 79.9. The van der Waals surface area contributed by atoms with Crippen molar-refractivity contribution in [1.29, 1.82) is 0 Å². The van der Waals surface area contributed by atoms with E-state index in [0.29, 0.717) is 0 Å². The van der Waals surface area contributed by atoms with Crippen molar-refractivity contribution in [2.75, 3.05) is 11.3 Å². The van der Waals surface area contributed by atoms with Gasteiger partial charge in [0.2, 0.25) is 10.0 Å². The predicted molar refractivity (Wildman–Crippen MR) is 67.5 cm³/mol. The highest BCUT2D eigenvalue weighted by Crippen LogP contribution is 2.22. The van der Waals surface area contributed by atoms with Crippen molar-refractivity contribution in [2.45, 2.75) is 6.54 Å². The number of hydrogen-bond donors (Lipinski definition) is 1. The second-order valence-electron chi connectivity index (χ2n) is 3.17. The van der Waals surface area contributed by atoms with Crippen LogP contribution in [0.5, 0.6) is 0 Å². The summed E-state index contributed by atoms with van der Waals surface area (Å²) in [4.78, 5) is 0.803. The Morgan fingerprint density at radius 2 is 2.00 bits per heavy atom. The number of thiophene rings is 1. The van der Waals surface area contributed by atoms with Crippen molar-refractivity contribution in [3.63, 3.8) is 0 Å². The minimum atomic E-state index is -3.78. The molecule has 1 aromatic rings. The van der Waals surface area contributed by atoms with Crippen LogP contribution >= 0.6 is 27.3 Å². The lowest BCUT2D eigenvalue weighted by Crippen LogP contribution is -2.29. The van der Waals surface area contributed by atoms with Gasteiger partial charge < -0.3 is 0 Å². The Morgan fingerprint density at radius 1 is 1.38 bits per heavy atom. The number of sulfone groups is 1. The Balaban J connectivity index is 2.66. The van der Waals surface area contributed by atoms with Crippen molar-refractivity contribution in [3.8, 4) is 0 Å². The van der Waals surface area contributed by atoms with Gasteiger partial charge in [0, 0.05) is 22.2 Å². The van der Waals surface area contributed by atoms with E-state index in [1.165, 1.54) is 11.3 Å². The third-order valence-electron chi connectivity index (χ3n) is 1.51. The lowest BCUT2D eigenvalue weighted by molar-refractivity contribution is 0.581. The van der Waals surface area contributed by atoms with Gasteiger partial charge in [0.05, 0.1) is 0 Å². The molecule has 0 aliphatic carbocycles. The maximum Gasteiger partial charge on any atom is 0.226 e. The molecule has 0 aromatic carbocycles. The van der Waals surface area contributed by atoms with Gasteiger partial charge >= 0.3 is 0 Å². The van der Waals surface area contributed by atoms with E-state index in [9.17, 15) is 16.8 Å². The fourth-order valence-electron chi connectivity index (χ4n) is 0.950. The molecule has 1 rings (SSSR count). The van der Waals surface area contributed by atoms with Gasteiger partial charge in [-0.3, -0.25) is 0 Å². The summed E-state index contributed by atoms with van der Waals surface area (Å²) in [7, 11) is -7.33. The maximum absolute atomic E-state index is 11.4. The van der Waals surface area contributed by atoms with Crippen molar-refractivity contribution in [3.05, 3.63) is 20.8 Å². The molecule has 0 aliphatic rings. The highest BCUT2D eigenvalue weighted by molar-refractivity contribution is 9.10. The maximum atomic E-state index is 11.4. The van der Waals surface area contributed by atoms with E-state index in [-0.39, 0.29) is 6.54 Å². The molecular formula is C7H10BrNO4S3. The lowest BCUT2D eigenvalue weighted by atomic mass is 10.5. The normalized spacial score (nSPS) is 12.9. The van der Waals surface area contributed by atoms with E-state index >= 15 is 0 Å². The summed E-state index contributed by atoms with van der Waals surface area (Å²) in [6.45, 7) is 0.0934. The first-order chi connectivity index (χ1) is 7.20. The van der Waals surface area contributed by atoms with E-state index in [4.69, 9.17) is 0 Å². The molecule has 0 aliphatic heterocycles. The van der Waals surface area contributed by atoms with Crippen LogP contribution in [0.1, 0.15) is 4.88 Å². The second kappa shape index (κ2) is 5.13. The molecule has 1 N–H and O–H groups in total. The Kier molecular flexibility index (Phi) is 4.52. The smallest absolute Gasteiger partial charge is 0.226 e. The quantitative estimate of drug-likeness (QED) is 0.859. The second-order valence-corrected chi connectivity index (χ2v) is 9.34. The van der Waals surface area contributed by atoms with Crippen LogP contribution in [0, 0.1) is 0 Å². The van der Waals surface area contributed by atoms with Gasteiger partial charge in [-0.05, 0) is 27.4 Å². The Labute approximate surface area is 107 Å². The van der Waals surface area contributed by atoms with Crippen molar-refractivity contribution in [1.82, 2.24) is 4.72 Å². The molecule has 0 spiro atoms. The SMILES string of the molecule is CS(=O)(=O)CS(=O)(=O)NCc1sccc1Br. The fourth-order valence-corrected chi connectivity index (χ4v) is 5.43. The zero-order chi connectivity index (χ0) is 12.4. The molecule has 0 radical (unpaired) electrons. The number of halogens is 1. The van der Waals surface area contributed by atoms with Crippen LogP contribution < -0.4 is 4.72 Å². The minimum absolute atomic E-state index is 0.0934. The molecule has 0 saturated heterocycles. The van der Waals surface area contributed by atoms with Gasteiger partial charge in [-0.15, -0.1) is 11.3 Å². The molecule has 0 atom stereocenters. The summed E-state index contributed by atoms with van der Waals surface area (Å²) in [5, 5.41) is 0.924. The third-order valence-corrected chi connectivity index (χ3v) is 6.98. The van der Waals surface area contributed by atoms with Crippen LogP contribution in [0.25, 0.3) is 0 Å². The molecule has 5 nitrogen and oxygen atoms in total. The first-order valence-electron chi connectivity index (χ1n) is 4.06. The zero-order valence-electron chi connectivity index (χ0n) is 8.30. The first-order valence-corrected chi connectivity index (χ1v) is 9.45. The third kappa shape index (κ3) is 4.91. The highest BCUT2D eigenvalue weighted by Gasteiger charge is 2.18. The Bertz CT molecular complexity index is 560. The first kappa shape index (κ1) is 14.1. The van der Waals surface area contributed by atoms with E-state index in [1.54, 1.807) is 6.07 Å². The molecule has 0 saturated carbocycles. The van der Waals surface area contributed by atoms with E-state index < -0.39 is 24.9 Å². The van der Waals surface area contributed by atoms with Crippen molar-refractivity contribution in [2.24, 2.45) is 0 Å². The fraction of sp³-hybridized carbons (Fsp3) is 0.429. The lowest BCUT2D eigenvalue weighted by Gasteiger charge is -2.04. The largest absolute Gasteiger partial charge is 0.228 e. The summed E-state index contributed by atoms with van der Waals surface area (Å²) >= 11 is 4.64. The van der Waals surface area contributed by atoms with Gasteiger partial charge in [0.1, 0.15) is 0 Å². The van der Waals surface area contributed by atoms with Crippen LogP contribution in [0.4, 0.5) is 0 Å². The van der Waals surface area contributed by atoms with Gasteiger partial charge in [-0.2, -0.15) is 0 Å². The number of rotatable bonds is 5. The molecule has 1 aromatic heterocycles. The van der Waals surface area contributed by atoms with Gasteiger partial charge in [0.25, 0.3) is 0 Å². The summed E-state index contributed by atoms with van der Waals surface area (Å²) in [5.41, 5.74) is 0. The van der Waals surface area contributed by atoms with Crippen LogP contribution in [0.2, 0.25) is 0 Å². The Morgan fingerprint density at radius 3 is 2.44 bits per heavy atom.